The van der Waals surface area contributed by atoms with Crippen LogP contribution < -0.4 is 5.32 Å². The highest BCUT2D eigenvalue weighted by Crippen LogP contribution is 2.39. The molecule has 0 saturated carbocycles. The van der Waals surface area contributed by atoms with Gasteiger partial charge in [0.2, 0.25) is 0 Å². The topological polar surface area (TPSA) is 73.3 Å². The number of hydrogen-bond acceptors (Lipinski definition) is 4. The van der Waals surface area contributed by atoms with Gasteiger partial charge in [0.05, 0.1) is 22.5 Å². The third-order valence-corrected chi connectivity index (χ3v) is 5.11. The van der Waals surface area contributed by atoms with Crippen molar-refractivity contribution in [2.45, 2.75) is 0 Å². The third-order valence-electron chi connectivity index (χ3n) is 5.11. The Balaban J connectivity index is 1.73. The van der Waals surface area contributed by atoms with Crippen LogP contribution in [0.15, 0.2) is 83.9 Å². The molecule has 0 unspecified atom stereocenters. The monoisotopic (exact) mass is 392 g/mol. The maximum Gasteiger partial charge on any atom is 0.199 e. The van der Waals surface area contributed by atoms with Crippen molar-refractivity contribution in [2.75, 3.05) is 12.4 Å². The third kappa shape index (κ3) is 3.16. The fourth-order valence-corrected chi connectivity index (χ4v) is 3.77. The van der Waals surface area contributed by atoms with E-state index >= 15 is 0 Å². The van der Waals surface area contributed by atoms with E-state index in [2.05, 4.69) is 15.3 Å². The first-order valence-corrected chi connectivity index (χ1v) is 9.72. The Hall–Kier alpha value is -4.12. The van der Waals surface area contributed by atoms with Gasteiger partial charge in [0.1, 0.15) is 0 Å². The normalized spacial score (nSPS) is 11.5. The smallest absolute Gasteiger partial charge is 0.199 e. The molecule has 2 aromatic heterocycles. The van der Waals surface area contributed by atoms with Gasteiger partial charge < -0.3 is 15.4 Å². The number of nitrogens with one attached hydrogen (secondary N) is 2. The van der Waals surface area contributed by atoms with Gasteiger partial charge in [-0.25, -0.2) is 4.98 Å². The summed E-state index contributed by atoms with van der Waals surface area (Å²) in [6.07, 6.45) is 1.80. The number of para-hydroxylation sites is 2. The summed E-state index contributed by atoms with van der Waals surface area (Å²) in [6, 6.07) is 25.9. The largest absolute Gasteiger partial charge is 0.494 e. The van der Waals surface area contributed by atoms with E-state index in [4.69, 9.17) is 4.98 Å². The molecule has 0 spiro atoms. The average Bonchev–Trinajstić information content (AvgIpc) is 3.09. The van der Waals surface area contributed by atoms with E-state index in [-0.39, 0.29) is 5.88 Å². The molecular weight excluding hydrogens is 372 g/mol. The summed E-state index contributed by atoms with van der Waals surface area (Å²) in [4.78, 5) is 12.0. The van der Waals surface area contributed by atoms with Crippen LogP contribution in [0.3, 0.4) is 0 Å². The Labute approximate surface area is 173 Å². The zero-order valence-corrected chi connectivity index (χ0v) is 16.4. The van der Waals surface area contributed by atoms with Gasteiger partial charge in [-0.05, 0) is 42.0 Å². The Morgan fingerprint density at radius 1 is 0.933 bits per heavy atom. The molecule has 2 heterocycles. The first-order chi connectivity index (χ1) is 14.7. The zero-order chi connectivity index (χ0) is 20.5. The number of rotatable bonds is 4. The van der Waals surface area contributed by atoms with Gasteiger partial charge in [0, 0.05) is 35.2 Å². The van der Waals surface area contributed by atoms with Crippen LogP contribution in [0.4, 0.5) is 11.4 Å². The minimum Gasteiger partial charge on any atom is -0.494 e. The number of anilines is 2. The van der Waals surface area contributed by atoms with E-state index in [1.807, 2.05) is 78.9 Å². The van der Waals surface area contributed by atoms with E-state index in [9.17, 15) is 5.11 Å². The molecule has 3 N–H and O–H groups in total. The van der Waals surface area contributed by atoms with Gasteiger partial charge in [-0.2, -0.15) is 0 Å². The molecule has 5 heteroatoms. The zero-order valence-electron chi connectivity index (χ0n) is 16.4. The van der Waals surface area contributed by atoms with Gasteiger partial charge >= 0.3 is 0 Å². The molecule has 0 aliphatic rings. The van der Waals surface area contributed by atoms with Gasteiger partial charge in [0.25, 0.3) is 0 Å². The lowest BCUT2D eigenvalue weighted by atomic mass is 10.0. The van der Waals surface area contributed by atoms with Crippen LogP contribution >= 0.6 is 0 Å². The van der Waals surface area contributed by atoms with E-state index in [0.717, 1.165) is 38.7 Å². The van der Waals surface area contributed by atoms with Gasteiger partial charge in [0.15, 0.2) is 5.88 Å². The standard InChI is InChI=1S/C25H20N4O/c1-26-15-16-11-12-21-19(13-16)24(25(30)29-21)23-14-22(27-17-7-3-2-4-8-17)18-9-5-6-10-20(18)28-23/h2-15,29-30H,1H3,(H,27,28). The summed E-state index contributed by atoms with van der Waals surface area (Å²) < 4.78 is 0. The molecule has 0 aliphatic heterocycles. The molecule has 3 aromatic carbocycles. The molecule has 0 saturated heterocycles. The SMILES string of the molecule is CN=Cc1ccc2[nH]c(O)c(-c3cc(Nc4ccccc4)c4ccccc4n3)c2c1. The molecule has 146 valence electrons. The van der Waals surface area contributed by atoms with E-state index in [1.54, 1.807) is 13.3 Å². The Morgan fingerprint density at radius 3 is 2.57 bits per heavy atom. The number of H-pyrrole nitrogens is 1. The minimum absolute atomic E-state index is 0.101. The average molecular weight is 392 g/mol. The van der Waals surface area contributed by atoms with Crippen molar-refractivity contribution in [1.29, 1.82) is 0 Å². The van der Waals surface area contributed by atoms with Crippen molar-refractivity contribution < 1.29 is 5.11 Å². The minimum atomic E-state index is 0.101. The van der Waals surface area contributed by atoms with Crippen LogP contribution in [0, 0.1) is 0 Å². The second-order valence-corrected chi connectivity index (χ2v) is 7.10. The summed E-state index contributed by atoms with van der Waals surface area (Å²) >= 11 is 0. The summed E-state index contributed by atoms with van der Waals surface area (Å²) in [5, 5.41) is 16.1. The Bertz CT molecular complexity index is 1390. The van der Waals surface area contributed by atoms with Crippen LogP contribution in [0.1, 0.15) is 5.56 Å². The number of aromatic nitrogens is 2. The molecule has 0 atom stereocenters. The molecule has 0 amide bonds. The maximum atomic E-state index is 10.7. The van der Waals surface area contributed by atoms with E-state index in [0.29, 0.717) is 11.3 Å². The van der Waals surface area contributed by atoms with Crippen LogP contribution in [0.2, 0.25) is 0 Å². The Kier molecular flexibility index (Phi) is 4.41. The number of aromatic amines is 1. The van der Waals surface area contributed by atoms with E-state index < -0.39 is 0 Å². The molecule has 0 fully saturated rings. The number of aromatic hydroxyl groups is 1. The van der Waals surface area contributed by atoms with Crippen LogP contribution in [0.5, 0.6) is 5.88 Å². The number of benzene rings is 3. The van der Waals surface area contributed by atoms with Crippen molar-refractivity contribution in [1.82, 2.24) is 9.97 Å². The molecule has 0 aliphatic carbocycles. The summed E-state index contributed by atoms with van der Waals surface area (Å²) in [7, 11) is 1.74. The fourth-order valence-electron chi connectivity index (χ4n) is 3.77. The predicted octanol–water partition coefficient (Wildman–Crippen LogP) is 5.88. The summed E-state index contributed by atoms with van der Waals surface area (Å²) in [5.74, 6) is 0.101. The quantitative estimate of drug-likeness (QED) is 0.334. The van der Waals surface area contributed by atoms with Gasteiger partial charge in [-0.15, -0.1) is 0 Å². The van der Waals surface area contributed by atoms with E-state index in [1.165, 1.54) is 0 Å². The highest BCUT2D eigenvalue weighted by Gasteiger charge is 2.17. The van der Waals surface area contributed by atoms with Crippen molar-refractivity contribution in [2.24, 2.45) is 4.99 Å². The number of fused-ring (bicyclic) bond motifs is 2. The van der Waals surface area contributed by atoms with Gasteiger partial charge in [-0.3, -0.25) is 4.99 Å². The maximum absolute atomic E-state index is 10.7. The summed E-state index contributed by atoms with van der Waals surface area (Å²) in [6.45, 7) is 0. The van der Waals surface area contributed by atoms with Crippen LogP contribution in [0.25, 0.3) is 33.1 Å². The summed E-state index contributed by atoms with van der Waals surface area (Å²) in [5.41, 5.74) is 5.97. The van der Waals surface area contributed by atoms with Crippen molar-refractivity contribution >= 4 is 39.4 Å². The fraction of sp³-hybridized carbons (Fsp3) is 0.0400. The van der Waals surface area contributed by atoms with Crippen molar-refractivity contribution in [3.05, 3.63) is 84.4 Å². The van der Waals surface area contributed by atoms with Crippen LogP contribution in [-0.2, 0) is 0 Å². The van der Waals surface area contributed by atoms with Gasteiger partial charge in [-0.1, -0.05) is 42.5 Å². The lowest BCUT2D eigenvalue weighted by Crippen LogP contribution is -1.95. The first kappa shape index (κ1) is 17.9. The Morgan fingerprint density at radius 2 is 1.73 bits per heavy atom. The molecule has 30 heavy (non-hydrogen) atoms. The number of nitrogens with zero attached hydrogens (tertiary/aromatic N) is 2. The highest BCUT2D eigenvalue weighted by atomic mass is 16.3. The number of pyridine rings is 1. The molecule has 5 aromatic rings. The van der Waals surface area contributed by atoms with Crippen LogP contribution in [-0.4, -0.2) is 28.3 Å². The lowest BCUT2D eigenvalue weighted by Gasteiger charge is -2.12. The second-order valence-electron chi connectivity index (χ2n) is 7.10. The first-order valence-electron chi connectivity index (χ1n) is 9.72. The molecule has 0 radical (unpaired) electrons. The van der Waals surface area contributed by atoms with Crippen molar-refractivity contribution in [3.8, 4) is 17.1 Å². The number of hydrogen-bond donors (Lipinski definition) is 3. The second kappa shape index (κ2) is 7.37. The number of aliphatic imine (C=N–C) groups is 1. The highest BCUT2D eigenvalue weighted by molar-refractivity contribution is 6.03. The molecule has 5 rings (SSSR count). The molecule has 5 nitrogen and oxygen atoms in total. The lowest BCUT2D eigenvalue weighted by molar-refractivity contribution is 0.460. The molecule has 0 bridgehead atoms. The predicted molar refractivity (Wildman–Crippen MR) is 124 cm³/mol. The molecular formula is C25H20N4O. The van der Waals surface area contributed by atoms with Crippen molar-refractivity contribution in [3.63, 3.8) is 0 Å².